The molecule has 25 heavy (non-hydrogen) atoms. The number of carbonyl (C=O) groups excluding carboxylic acids is 1. The molecule has 4 nitrogen and oxygen atoms in total. The monoisotopic (exact) mass is 348 g/mol. The van der Waals surface area contributed by atoms with Gasteiger partial charge in [0.05, 0.1) is 6.61 Å². The van der Waals surface area contributed by atoms with E-state index in [2.05, 4.69) is 50.4 Å². The standard InChI is InChI=1S/C21H36N2O2/c1-5-7-8-9-10-18-11-13-19(14-12-18)16-23-21(22,15-17(3)4)20(24)25-6-2/h11-14,17,23H,5-10,15-16,22H2,1-4H3/t21-/m1/s1. The summed E-state index contributed by atoms with van der Waals surface area (Å²) in [5.41, 5.74) is 7.67. The van der Waals surface area contributed by atoms with E-state index in [1.807, 2.05) is 0 Å². The van der Waals surface area contributed by atoms with Crippen LogP contribution >= 0.6 is 0 Å². The first-order valence-corrected chi connectivity index (χ1v) is 9.70. The average Bonchev–Trinajstić information content (AvgIpc) is 2.57. The molecular weight excluding hydrogens is 312 g/mol. The molecule has 1 atom stereocenters. The lowest BCUT2D eigenvalue weighted by Crippen LogP contribution is -2.60. The Morgan fingerprint density at radius 1 is 1.12 bits per heavy atom. The molecule has 4 heteroatoms. The molecule has 0 spiro atoms. The first kappa shape index (κ1) is 21.7. The summed E-state index contributed by atoms with van der Waals surface area (Å²) in [6.45, 7) is 9.02. The maximum atomic E-state index is 12.2. The number of carbonyl (C=O) groups is 1. The van der Waals surface area contributed by atoms with E-state index in [9.17, 15) is 4.79 Å². The van der Waals surface area contributed by atoms with Crippen LogP contribution in [-0.4, -0.2) is 18.2 Å². The molecule has 1 rings (SSSR count). The van der Waals surface area contributed by atoms with Gasteiger partial charge in [0.25, 0.3) is 0 Å². The van der Waals surface area contributed by atoms with Crippen molar-refractivity contribution in [3.05, 3.63) is 35.4 Å². The molecule has 0 amide bonds. The van der Waals surface area contributed by atoms with Crippen molar-refractivity contribution >= 4 is 5.97 Å². The summed E-state index contributed by atoms with van der Waals surface area (Å²) < 4.78 is 5.15. The van der Waals surface area contributed by atoms with Gasteiger partial charge in [-0.15, -0.1) is 0 Å². The quantitative estimate of drug-likeness (QED) is 0.338. The van der Waals surface area contributed by atoms with Crippen molar-refractivity contribution in [1.82, 2.24) is 5.32 Å². The van der Waals surface area contributed by atoms with Gasteiger partial charge in [-0.25, -0.2) is 4.79 Å². The molecule has 1 aromatic carbocycles. The number of rotatable bonds is 12. The smallest absolute Gasteiger partial charge is 0.341 e. The lowest BCUT2D eigenvalue weighted by atomic mass is 9.97. The molecule has 0 aliphatic carbocycles. The molecular formula is C21H36N2O2. The van der Waals surface area contributed by atoms with Gasteiger partial charge in [-0.05, 0) is 43.2 Å². The lowest BCUT2D eigenvalue weighted by Gasteiger charge is -2.30. The van der Waals surface area contributed by atoms with Gasteiger partial charge in [-0.3, -0.25) is 5.32 Å². The molecule has 0 aliphatic rings. The third-order valence-corrected chi connectivity index (χ3v) is 4.32. The summed E-state index contributed by atoms with van der Waals surface area (Å²) >= 11 is 0. The van der Waals surface area contributed by atoms with Crippen LogP contribution < -0.4 is 11.1 Å². The van der Waals surface area contributed by atoms with E-state index in [4.69, 9.17) is 10.5 Å². The van der Waals surface area contributed by atoms with Gasteiger partial charge in [0, 0.05) is 6.54 Å². The van der Waals surface area contributed by atoms with Crippen LogP contribution in [0.15, 0.2) is 24.3 Å². The first-order chi connectivity index (χ1) is 11.9. The van der Waals surface area contributed by atoms with Crippen molar-refractivity contribution < 1.29 is 9.53 Å². The normalized spacial score (nSPS) is 13.7. The van der Waals surface area contributed by atoms with Gasteiger partial charge in [0.2, 0.25) is 0 Å². The molecule has 142 valence electrons. The number of ether oxygens (including phenoxy) is 1. The van der Waals surface area contributed by atoms with Gasteiger partial charge in [0.15, 0.2) is 5.66 Å². The van der Waals surface area contributed by atoms with Crippen LogP contribution in [0.3, 0.4) is 0 Å². The third kappa shape index (κ3) is 8.02. The Morgan fingerprint density at radius 2 is 1.76 bits per heavy atom. The second-order valence-corrected chi connectivity index (χ2v) is 7.27. The summed E-state index contributed by atoms with van der Waals surface area (Å²) in [6.07, 6.45) is 6.79. The van der Waals surface area contributed by atoms with Crippen LogP contribution in [0.5, 0.6) is 0 Å². The van der Waals surface area contributed by atoms with Crippen LogP contribution in [0.1, 0.15) is 70.9 Å². The zero-order valence-corrected chi connectivity index (χ0v) is 16.4. The molecule has 3 N–H and O–H groups in total. The Hall–Kier alpha value is -1.39. The van der Waals surface area contributed by atoms with Crippen LogP contribution in [0.2, 0.25) is 0 Å². The topological polar surface area (TPSA) is 64.3 Å². The predicted molar refractivity (Wildman–Crippen MR) is 104 cm³/mol. The highest BCUT2D eigenvalue weighted by atomic mass is 16.5. The van der Waals surface area contributed by atoms with E-state index in [1.165, 1.54) is 31.2 Å². The molecule has 0 heterocycles. The third-order valence-electron chi connectivity index (χ3n) is 4.32. The molecule has 0 saturated heterocycles. The minimum atomic E-state index is -1.14. The van der Waals surface area contributed by atoms with Gasteiger partial charge in [-0.2, -0.15) is 0 Å². The summed E-state index contributed by atoms with van der Waals surface area (Å²) in [4.78, 5) is 12.2. The summed E-state index contributed by atoms with van der Waals surface area (Å²) in [5.74, 6) is -0.0800. The van der Waals surface area contributed by atoms with E-state index in [0.717, 1.165) is 12.0 Å². The average molecular weight is 349 g/mol. The van der Waals surface area contributed by atoms with Crippen molar-refractivity contribution in [3.8, 4) is 0 Å². The molecule has 0 unspecified atom stereocenters. The van der Waals surface area contributed by atoms with Crippen LogP contribution in [0.25, 0.3) is 0 Å². The van der Waals surface area contributed by atoms with E-state index in [1.54, 1.807) is 6.92 Å². The van der Waals surface area contributed by atoms with Crippen molar-refractivity contribution in [3.63, 3.8) is 0 Å². The summed E-state index contributed by atoms with van der Waals surface area (Å²) in [7, 11) is 0. The second kappa shape index (κ2) is 11.3. The first-order valence-electron chi connectivity index (χ1n) is 9.70. The number of benzene rings is 1. The fraction of sp³-hybridized carbons (Fsp3) is 0.667. The van der Waals surface area contributed by atoms with Gasteiger partial charge >= 0.3 is 5.97 Å². The molecule has 0 fully saturated rings. The van der Waals surface area contributed by atoms with Crippen LogP contribution in [0, 0.1) is 5.92 Å². The Morgan fingerprint density at radius 3 is 2.32 bits per heavy atom. The van der Waals surface area contributed by atoms with Crippen LogP contribution in [-0.2, 0) is 22.5 Å². The van der Waals surface area contributed by atoms with Crippen molar-refractivity contribution in [1.29, 1.82) is 0 Å². The van der Waals surface area contributed by atoms with Gasteiger partial charge < -0.3 is 10.5 Å². The number of nitrogens with two attached hydrogens (primary N) is 1. The van der Waals surface area contributed by atoms with E-state index >= 15 is 0 Å². The van der Waals surface area contributed by atoms with E-state index < -0.39 is 5.66 Å². The van der Waals surface area contributed by atoms with Crippen molar-refractivity contribution in [2.24, 2.45) is 11.7 Å². The lowest BCUT2D eigenvalue weighted by molar-refractivity contribution is -0.152. The highest BCUT2D eigenvalue weighted by Gasteiger charge is 2.35. The molecule has 1 aromatic rings. The Labute approximate surface area is 153 Å². The zero-order chi connectivity index (χ0) is 18.7. The summed E-state index contributed by atoms with van der Waals surface area (Å²) in [5, 5.41) is 3.21. The van der Waals surface area contributed by atoms with Crippen LogP contribution in [0.4, 0.5) is 0 Å². The SMILES string of the molecule is CCCCCCc1ccc(CN[C@](N)(CC(C)C)C(=O)OCC)cc1. The number of aryl methyl sites for hydroxylation is 1. The van der Waals surface area contributed by atoms with Crippen molar-refractivity contribution in [2.75, 3.05) is 6.61 Å². The predicted octanol–water partition coefficient (Wildman–Crippen LogP) is 4.16. The second-order valence-electron chi connectivity index (χ2n) is 7.27. The fourth-order valence-corrected chi connectivity index (χ4v) is 2.97. The van der Waals surface area contributed by atoms with Crippen molar-refractivity contribution in [2.45, 2.75) is 78.4 Å². The maximum absolute atomic E-state index is 12.2. The minimum absolute atomic E-state index is 0.299. The van der Waals surface area contributed by atoms with E-state index in [0.29, 0.717) is 25.5 Å². The molecule has 0 saturated carbocycles. The Bertz CT molecular complexity index is 499. The molecule has 0 aromatic heterocycles. The molecule has 0 aliphatic heterocycles. The molecule has 0 bridgehead atoms. The van der Waals surface area contributed by atoms with Gasteiger partial charge in [-0.1, -0.05) is 64.3 Å². The zero-order valence-electron chi connectivity index (χ0n) is 16.4. The Kier molecular flexibility index (Phi) is 9.76. The summed E-state index contributed by atoms with van der Waals surface area (Å²) in [6, 6.07) is 8.58. The number of unbranched alkanes of at least 4 members (excludes halogenated alkanes) is 3. The largest absolute Gasteiger partial charge is 0.464 e. The minimum Gasteiger partial charge on any atom is -0.464 e. The number of nitrogens with one attached hydrogen (secondary N) is 1. The molecule has 0 radical (unpaired) electrons. The highest BCUT2D eigenvalue weighted by Crippen LogP contribution is 2.15. The maximum Gasteiger partial charge on any atom is 0.341 e. The number of hydrogen-bond acceptors (Lipinski definition) is 4. The number of esters is 1. The number of hydrogen-bond donors (Lipinski definition) is 2. The highest BCUT2D eigenvalue weighted by molar-refractivity contribution is 5.80. The fourth-order valence-electron chi connectivity index (χ4n) is 2.97. The van der Waals surface area contributed by atoms with E-state index in [-0.39, 0.29) is 5.97 Å². The Balaban J connectivity index is 2.59. The van der Waals surface area contributed by atoms with Gasteiger partial charge in [0.1, 0.15) is 0 Å².